The monoisotopic (exact) mass is 192 g/mol. The van der Waals surface area contributed by atoms with Gasteiger partial charge in [0.2, 0.25) is 0 Å². The fourth-order valence-corrected chi connectivity index (χ4v) is 1.67. The van der Waals surface area contributed by atoms with Gasteiger partial charge in [-0.3, -0.25) is 4.79 Å². The molecule has 0 saturated carbocycles. The van der Waals surface area contributed by atoms with E-state index in [1.165, 1.54) is 0 Å². The maximum Gasteiger partial charge on any atom is 0.307 e. The van der Waals surface area contributed by atoms with Crippen LogP contribution in [0.5, 0.6) is 0 Å². The Kier molecular flexibility index (Phi) is 2.50. The van der Waals surface area contributed by atoms with Gasteiger partial charge in [0.15, 0.2) is 0 Å². The fraction of sp³-hybridized carbons (Fsp3) is 0.364. The number of carbonyl (C=O) groups is 1. The first-order valence-corrected chi connectivity index (χ1v) is 4.64. The Morgan fingerprint density at radius 2 is 2.14 bits per heavy atom. The van der Waals surface area contributed by atoms with Crippen molar-refractivity contribution in [3.05, 3.63) is 35.4 Å². The summed E-state index contributed by atoms with van der Waals surface area (Å²) >= 11 is 0. The van der Waals surface area contributed by atoms with Crippen molar-refractivity contribution in [3.8, 4) is 0 Å². The first kappa shape index (κ1) is 9.21. The lowest BCUT2D eigenvalue weighted by Gasteiger charge is -2.28. The summed E-state index contributed by atoms with van der Waals surface area (Å²) in [5.74, 6) is -0.386. The number of aliphatic carboxylic acids is 1. The van der Waals surface area contributed by atoms with Crippen LogP contribution in [0.25, 0.3) is 0 Å². The highest BCUT2D eigenvalue weighted by atomic mass is 16.5. The Bertz CT molecular complexity index is 342. The number of hydrogen-bond acceptors (Lipinski definition) is 2. The molecule has 0 spiro atoms. The molecule has 3 nitrogen and oxygen atoms in total. The molecule has 1 saturated heterocycles. The third kappa shape index (κ3) is 1.77. The van der Waals surface area contributed by atoms with Crippen LogP contribution in [0.1, 0.15) is 17.0 Å². The number of carboxylic acids is 1. The molecular formula is C11H12O3. The van der Waals surface area contributed by atoms with Crippen molar-refractivity contribution in [1.29, 1.82) is 0 Å². The summed E-state index contributed by atoms with van der Waals surface area (Å²) in [6.07, 6.45) is 0.104. The van der Waals surface area contributed by atoms with E-state index in [4.69, 9.17) is 9.84 Å². The second kappa shape index (κ2) is 3.80. The highest BCUT2D eigenvalue weighted by molar-refractivity contribution is 5.70. The Labute approximate surface area is 82.3 Å². The third-order valence-electron chi connectivity index (χ3n) is 2.47. The summed E-state index contributed by atoms with van der Waals surface area (Å²) in [5, 5.41) is 8.73. The molecule has 1 aliphatic heterocycles. The minimum Gasteiger partial charge on any atom is -0.481 e. The predicted octanol–water partition coefficient (Wildman–Crippen LogP) is 1.43. The molecule has 1 aromatic carbocycles. The molecular weight excluding hydrogens is 180 g/mol. The lowest BCUT2D eigenvalue weighted by atomic mass is 9.91. The van der Waals surface area contributed by atoms with Crippen LogP contribution in [-0.2, 0) is 16.0 Å². The van der Waals surface area contributed by atoms with Gasteiger partial charge in [0.25, 0.3) is 0 Å². The van der Waals surface area contributed by atoms with Crippen molar-refractivity contribution in [2.75, 3.05) is 13.2 Å². The second-order valence-corrected chi connectivity index (χ2v) is 3.50. The molecule has 0 aromatic heterocycles. The lowest BCUT2D eigenvalue weighted by Crippen LogP contribution is -2.26. The van der Waals surface area contributed by atoms with Gasteiger partial charge >= 0.3 is 5.97 Å². The molecule has 3 heteroatoms. The van der Waals surface area contributed by atoms with E-state index in [0.29, 0.717) is 5.92 Å². The van der Waals surface area contributed by atoms with Crippen molar-refractivity contribution in [2.45, 2.75) is 12.3 Å². The Morgan fingerprint density at radius 3 is 2.71 bits per heavy atom. The topological polar surface area (TPSA) is 46.5 Å². The van der Waals surface area contributed by atoms with E-state index in [1.54, 1.807) is 0 Å². The normalized spacial score (nSPS) is 16.3. The molecule has 1 fully saturated rings. The Balaban J connectivity index is 2.23. The van der Waals surface area contributed by atoms with E-state index in [1.807, 2.05) is 24.3 Å². The van der Waals surface area contributed by atoms with Crippen molar-refractivity contribution in [1.82, 2.24) is 0 Å². The van der Waals surface area contributed by atoms with Gasteiger partial charge in [0.1, 0.15) is 0 Å². The van der Waals surface area contributed by atoms with Crippen LogP contribution < -0.4 is 0 Å². The van der Waals surface area contributed by atoms with Crippen LogP contribution in [0.2, 0.25) is 0 Å². The molecule has 2 rings (SSSR count). The Hall–Kier alpha value is -1.35. The second-order valence-electron chi connectivity index (χ2n) is 3.50. The summed E-state index contributed by atoms with van der Waals surface area (Å²) in [4.78, 5) is 10.6. The molecule has 0 atom stereocenters. The fourth-order valence-electron chi connectivity index (χ4n) is 1.67. The predicted molar refractivity (Wildman–Crippen MR) is 51.3 cm³/mol. The van der Waals surface area contributed by atoms with Crippen LogP contribution in [-0.4, -0.2) is 24.3 Å². The zero-order valence-corrected chi connectivity index (χ0v) is 7.77. The van der Waals surface area contributed by atoms with Crippen molar-refractivity contribution in [3.63, 3.8) is 0 Å². The summed E-state index contributed by atoms with van der Waals surface area (Å²) in [6.45, 7) is 1.44. The average molecular weight is 192 g/mol. The molecule has 0 radical (unpaired) electrons. The zero-order chi connectivity index (χ0) is 9.97. The molecule has 14 heavy (non-hydrogen) atoms. The third-order valence-corrected chi connectivity index (χ3v) is 2.47. The first-order valence-electron chi connectivity index (χ1n) is 4.64. The first-order chi connectivity index (χ1) is 6.77. The van der Waals surface area contributed by atoms with Crippen LogP contribution in [0, 0.1) is 0 Å². The molecule has 1 aromatic rings. The smallest absolute Gasteiger partial charge is 0.307 e. The van der Waals surface area contributed by atoms with Crippen molar-refractivity contribution in [2.24, 2.45) is 0 Å². The molecule has 0 bridgehead atoms. The molecule has 0 unspecified atom stereocenters. The highest BCUT2D eigenvalue weighted by Crippen LogP contribution is 2.27. The van der Waals surface area contributed by atoms with Crippen LogP contribution in [0.4, 0.5) is 0 Å². The molecule has 0 aliphatic carbocycles. The van der Waals surface area contributed by atoms with Gasteiger partial charge in [0.05, 0.1) is 19.6 Å². The van der Waals surface area contributed by atoms with Gasteiger partial charge in [-0.2, -0.15) is 0 Å². The van der Waals surface area contributed by atoms with Gasteiger partial charge in [-0.25, -0.2) is 0 Å². The molecule has 1 aliphatic rings. The van der Waals surface area contributed by atoms with E-state index < -0.39 is 5.97 Å². The van der Waals surface area contributed by atoms with E-state index >= 15 is 0 Å². The van der Waals surface area contributed by atoms with E-state index in [-0.39, 0.29) is 6.42 Å². The molecule has 1 N–H and O–H groups in total. The minimum absolute atomic E-state index is 0.104. The zero-order valence-electron chi connectivity index (χ0n) is 7.77. The van der Waals surface area contributed by atoms with Gasteiger partial charge in [-0.05, 0) is 11.1 Å². The SMILES string of the molecule is O=C(O)Cc1ccccc1C1COC1. The molecule has 0 amide bonds. The average Bonchev–Trinajstić information content (AvgIpc) is 2.04. The largest absolute Gasteiger partial charge is 0.481 e. The van der Waals surface area contributed by atoms with Crippen molar-refractivity contribution >= 4 is 5.97 Å². The maximum atomic E-state index is 10.6. The summed E-state index contributed by atoms with van der Waals surface area (Å²) in [5.41, 5.74) is 2.04. The van der Waals surface area contributed by atoms with E-state index in [0.717, 1.165) is 24.3 Å². The number of hydrogen-bond donors (Lipinski definition) is 1. The maximum absolute atomic E-state index is 10.6. The van der Waals surface area contributed by atoms with Crippen molar-refractivity contribution < 1.29 is 14.6 Å². The van der Waals surface area contributed by atoms with Gasteiger partial charge < -0.3 is 9.84 Å². The van der Waals surface area contributed by atoms with Gasteiger partial charge in [0, 0.05) is 5.92 Å². The standard InChI is InChI=1S/C11H12O3/c12-11(13)5-8-3-1-2-4-10(8)9-6-14-7-9/h1-4,9H,5-7H2,(H,12,13). The quantitative estimate of drug-likeness (QED) is 0.788. The number of ether oxygens (including phenoxy) is 1. The molecule has 74 valence electrons. The summed E-state index contributed by atoms with van der Waals surface area (Å²) < 4.78 is 5.10. The lowest BCUT2D eigenvalue weighted by molar-refractivity contribution is -0.136. The summed E-state index contributed by atoms with van der Waals surface area (Å²) in [7, 11) is 0. The van der Waals surface area contributed by atoms with Gasteiger partial charge in [-0.1, -0.05) is 24.3 Å². The Morgan fingerprint density at radius 1 is 1.43 bits per heavy atom. The van der Waals surface area contributed by atoms with Crippen LogP contribution >= 0.6 is 0 Å². The number of rotatable bonds is 3. The van der Waals surface area contributed by atoms with Crippen LogP contribution in [0.15, 0.2) is 24.3 Å². The summed E-state index contributed by atoms with van der Waals surface area (Å²) in [6, 6.07) is 7.69. The minimum atomic E-state index is -0.780. The van der Waals surface area contributed by atoms with Crippen LogP contribution in [0.3, 0.4) is 0 Å². The number of benzene rings is 1. The van der Waals surface area contributed by atoms with E-state index in [9.17, 15) is 4.79 Å². The molecule has 1 heterocycles. The van der Waals surface area contributed by atoms with E-state index in [2.05, 4.69) is 0 Å². The number of carboxylic acid groups (broad SMARTS) is 1. The van der Waals surface area contributed by atoms with Gasteiger partial charge in [-0.15, -0.1) is 0 Å². The highest BCUT2D eigenvalue weighted by Gasteiger charge is 2.23.